The average Bonchev–Trinajstić information content (AvgIpc) is 2.53. The number of carbonyl (C=O) groups is 1. The second-order valence-electron chi connectivity index (χ2n) is 7.11. The van der Waals surface area contributed by atoms with Crippen LogP contribution in [-0.4, -0.2) is 37.1 Å². The number of hydrogen-bond donors (Lipinski definition) is 2. The van der Waals surface area contributed by atoms with E-state index in [0.717, 1.165) is 31.2 Å². The van der Waals surface area contributed by atoms with Crippen molar-refractivity contribution in [3.63, 3.8) is 0 Å². The molecule has 1 aromatic carbocycles. The Morgan fingerprint density at radius 2 is 1.88 bits per heavy atom. The highest BCUT2D eigenvalue weighted by atomic mass is 19.1. The molecule has 0 bridgehead atoms. The molecule has 1 aliphatic heterocycles. The Hall–Kier alpha value is -1.62. The monoisotopic (exact) mass is 335 g/mol. The summed E-state index contributed by atoms with van der Waals surface area (Å²) in [4.78, 5) is 14.3. The van der Waals surface area contributed by atoms with E-state index in [1.165, 1.54) is 25.6 Å². The number of hydrogen-bond acceptors (Lipinski definition) is 2. The van der Waals surface area contributed by atoms with Gasteiger partial charge in [-0.05, 0) is 43.7 Å². The second kappa shape index (κ2) is 9.62. The number of rotatable bonds is 7. The van der Waals surface area contributed by atoms with Crippen LogP contribution in [0.4, 0.5) is 9.18 Å². The third-order valence-electron chi connectivity index (χ3n) is 4.53. The molecule has 2 N–H and O–H groups in total. The van der Waals surface area contributed by atoms with Gasteiger partial charge in [-0.25, -0.2) is 9.18 Å². The number of nitrogens with one attached hydrogen (secondary N) is 2. The standard InChI is InChI=1S/C19H30FN3O/c1-15-11-16(2)14-23(13-15)10-6-5-9-21-19(24)22-12-17-7-3-4-8-18(17)20/h3-4,7-8,15-16H,5-6,9-14H2,1-2H3,(H2,21,22,24). The summed E-state index contributed by atoms with van der Waals surface area (Å²) in [5.41, 5.74) is 0.501. The Kier molecular flexibility index (Phi) is 7.50. The van der Waals surface area contributed by atoms with Crippen LogP contribution in [0.25, 0.3) is 0 Å². The van der Waals surface area contributed by atoms with Crippen molar-refractivity contribution < 1.29 is 9.18 Å². The molecule has 0 radical (unpaired) electrons. The van der Waals surface area contributed by atoms with Crippen molar-refractivity contribution in [1.29, 1.82) is 0 Å². The van der Waals surface area contributed by atoms with E-state index in [-0.39, 0.29) is 18.4 Å². The second-order valence-corrected chi connectivity index (χ2v) is 7.11. The van der Waals surface area contributed by atoms with Gasteiger partial charge in [0.1, 0.15) is 5.82 Å². The van der Waals surface area contributed by atoms with Crippen molar-refractivity contribution in [2.45, 2.75) is 39.7 Å². The summed E-state index contributed by atoms with van der Waals surface area (Å²) >= 11 is 0. The first-order chi connectivity index (χ1) is 11.5. The van der Waals surface area contributed by atoms with Crippen LogP contribution in [0, 0.1) is 17.7 Å². The Balaban J connectivity index is 1.54. The lowest BCUT2D eigenvalue weighted by Gasteiger charge is -2.34. The molecule has 0 spiro atoms. The average molecular weight is 335 g/mol. The fourth-order valence-corrected chi connectivity index (χ4v) is 3.52. The van der Waals surface area contributed by atoms with Crippen molar-refractivity contribution in [3.8, 4) is 0 Å². The first-order valence-corrected chi connectivity index (χ1v) is 9.02. The molecule has 2 amide bonds. The lowest BCUT2D eigenvalue weighted by atomic mass is 9.92. The van der Waals surface area contributed by atoms with Crippen molar-refractivity contribution >= 4 is 6.03 Å². The molecule has 5 heteroatoms. The van der Waals surface area contributed by atoms with Crippen molar-refractivity contribution in [2.75, 3.05) is 26.2 Å². The number of piperidine rings is 1. The largest absolute Gasteiger partial charge is 0.338 e. The van der Waals surface area contributed by atoms with E-state index in [1.54, 1.807) is 18.2 Å². The summed E-state index contributed by atoms with van der Waals surface area (Å²) in [7, 11) is 0. The molecule has 1 fully saturated rings. The zero-order valence-corrected chi connectivity index (χ0v) is 14.9. The Morgan fingerprint density at radius 1 is 1.17 bits per heavy atom. The number of halogens is 1. The summed E-state index contributed by atoms with van der Waals surface area (Å²) in [5.74, 6) is 1.29. The van der Waals surface area contributed by atoms with Gasteiger partial charge in [0, 0.05) is 31.7 Å². The van der Waals surface area contributed by atoms with E-state index in [2.05, 4.69) is 29.4 Å². The number of likely N-dealkylation sites (tertiary alicyclic amines) is 1. The normalized spacial score (nSPS) is 21.5. The van der Waals surface area contributed by atoms with Crippen LogP contribution < -0.4 is 10.6 Å². The van der Waals surface area contributed by atoms with E-state index in [1.807, 2.05) is 0 Å². The Bertz CT molecular complexity index is 513. The molecule has 1 aliphatic rings. The first kappa shape index (κ1) is 18.7. The molecule has 4 nitrogen and oxygen atoms in total. The molecular formula is C19H30FN3O. The third-order valence-corrected chi connectivity index (χ3v) is 4.53. The maximum atomic E-state index is 13.4. The minimum atomic E-state index is -0.289. The van der Waals surface area contributed by atoms with Crippen LogP contribution in [-0.2, 0) is 6.54 Å². The molecule has 2 rings (SSSR count). The maximum absolute atomic E-state index is 13.4. The lowest BCUT2D eigenvalue weighted by Crippen LogP contribution is -2.39. The minimum Gasteiger partial charge on any atom is -0.338 e. The van der Waals surface area contributed by atoms with Gasteiger partial charge < -0.3 is 15.5 Å². The topological polar surface area (TPSA) is 44.4 Å². The summed E-state index contributed by atoms with van der Waals surface area (Å²) < 4.78 is 13.4. The number of urea groups is 1. The Morgan fingerprint density at radius 3 is 2.58 bits per heavy atom. The molecular weight excluding hydrogens is 305 g/mol. The SMILES string of the molecule is CC1CC(C)CN(CCCCNC(=O)NCc2ccccc2F)C1. The van der Waals surface area contributed by atoms with Gasteiger partial charge in [-0.15, -0.1) is 0 Å². The number of unbranched alkanes of at least 4 members (excludes halogenated alkanes) is 1. The van der Waals surface area contributed by atoms with Crippen molar-refractivity contribution in [3.05, 3.63) is 35.6 Å². The number of nitrogens with zero attached hydrogens (tertiary/aromatic N) is 1. The highest BCUT2D eigenvalue weighted by Crippen LogP contribution is 2.20. The van der Waals surface area contributed by atoms with Crippen molar-refractivity contribution in [2.24, 2.45) is 11.8 Å². The van der Waals surface area contributed by atoms with E-state index in [4.69, 9.17) is 0 Å². The summed E-state index contributed by atoms with van der Waals surface area (Å²) in [5, 5.41) is 5.53. The Labute approximate surface area is 144 Å². The molecule has 0 aliphatic carbocycles. The zero-order valence-electron chi connectivity index (χ0n) is 14.9. The summed E-state index contributed by atoms with van der Waals surface area (Å²) in [6, 6.07) is 6.25. The van der Waals surface area contributed by atoms with E-state index in [0.29, 0.717) is 12.1 Å². The lowest BCUT2D eigenvalue weighted by molar-refractivity contribution is 0.139. The van der Waals surface area contributed by atoms with Crippen LogP contribution in [0.5, 0.6) is 0 Å². The predicted molar refractivity (Wildman–Crippen MR) is 95.3 cm³/mol. The van der Waals surface area contributed by atoms with Crippen LogP contribution in [0.1, 0.15) is 38.7 Å². The molecule has 0 aromatic heterocycles. The zero-order chi connectivity index (χ0) is 17.4. The van der Waals surface area contributed by atoms with Gasteiger partial charge in [0.25, 0.3) is 0 Å². The van der Waals surface area contributed by atoms with E-state index < -0.39 is 0 Å². The molecule has 2 atom stereocenters. The van der Waals surface area contributed by atoms with Crippen LogP contribution in [0.15, 0.2) is 24.3 Å². The fourth-order valence-electron chi connectivity index (χ4n) is 3.52. The van der Waals surface area contributed by atoms with Crippen LogP contribution in [0.2, 0.25) is 0 Å². The van der Waals surface area contributed by atoms with Gasteiger partial charge >= 0.3 is 6.03 Å². The molecule has 1 saturated heterocycles. The van der Waals surface area contributed by atoms with Gasteiger partial charge in [0.05, 0.1) is 0 Å². The van der Waals surface area contributed by atoms with Crippen LogP contribution in [0.3, 0.4) is 0 Å². The number of carbonyl (C=O) groups excluding carboxylic acids is 1. The van der Waals surface area contributed by atoms with Gasteiger partial charge in [0.15, 0.2) is 0 Å². The number of amides is 2. The molecule has 0 saturated carbocycles. The summed E-state index contributed by atoms with van der Waals surface area (Å²) in [6.45, 7) is 9.01. The summed E-state index contributed by atoms with van der Waals surface area (Å²) in [6.07, 6.45) is 3.39. The molecule has 24 heavy (non-hydrogen) atoms. The van der Waals surface area contributed by atoms with E-state index >= 15 is 0 Å². The molecule has 134 valence electrons. The van der Waals surface area contributed by atoms with E-state index in [9.17, 15) is 9.18 Å². The van der Waals surface area contributed by atoms with Gasteiger partial charge in [0.2, 0.25) is 0 Å². The smallest absolute Gasteiger partial charge is 0.315 e. The quantitative estimate of drug-likeness (QED) is 0.750. The minimum absolute atomic E-state index is 0.210. The highest BCUT2D eigenvalue weighted by Gasteiger charge is 2.20. The third kappa shape index (κ3) is 6.48. The predicted octanol–water partition coefficient (Wildman–Crippen LogP) is 3.38. The maximum Gasteiger partial charge on any atom is 0.315 e. The van der Waals surface area contributed by atoms with Crippen molar-refractivity contribution in [1.82, 2.24) is 15.5 Å². The molecule has 2 unspecified atom stereocenters. The number of benzene rings is 1. The first-order valence-electron chi connectivity index (χ1n) is 9.02. The van der Waals surface area contributed by atoms with Gasteiger partial charge in [-0.1, -0.05) is 32.0 Å². The van der Waals surface area contributed by atoms with Crippen LogP contribution >= 0.6 is 0 Å². The van der Waals surface area contributed by atoms with Gasteiger partial charge in [-0.3, -0.25) is 0 Å². The molecule has 1 aromatic rings. The molecule has 1 heterocycles. The highest BCUT2D eigenvalue weighted by molar-refractivity contribution is 5.73. The van der Waals surface area contributed by atoms with Gasteiger partial charge in [-0.2, -0.15) is 0 Å². The fraction of sp³-hybridized carbons (Fsp3) is 0.632.